The third-order valence-corrected chi connectivity index (χ3v) is 4.87. The number of carbonyl (C=O) groups is 1. The van der Waals surface area contributed by atoms with Gasteiger partial charge in [0.15, 0.2) is 5.16 Å². The number of hydrogen-bond acceptors (Lipinski definition) is 3. The number of aromatic nitrogens is 2. The molecule has 0 N–H and O–H groups in total. The molecule has 3 nitrogen and oxygen atoms in total. The number of imidazole rings is 1. The van der Waals surface area contributed by atoms with Crippen LogP contribution in [0.1, 0.15) is 11.1 Å². The highest BCUT2D eigenvalue weighted by atomic mass is 35.5. The normalized spacial score (nSPS) is 10.8. The van der Waals surface area contributed by atoms with Gasteiger partial charge in [0.05, 0.1) is 5.75 Å². The average Bonchev–Trinajstić information content (AvgIpc) is 3.04. The van der Waals surface area contributed by atoms with Gasteiger partial charge in [-0.1, -0.05) is 53.2 Å². The minimum atomic E-state index is 0.189. The maximum absolute atomic E-state index is 12.2. The van der Waals surface area contributed by atoms with E-state index in [0.29, 0.717) is 17.2 Å². The van der Waals surface area contributed by atoms with Crippen molar-refractivity contribution in [3.8, 4) is 5.69 Å². The third kappa shape index (κ3) is 4.28. The first-order chi connectivity index (χ1) is 11.6. The molecule has 0 amide bonds. The smallest absolute Gasteiger partial charge is 0.173 e. The molecule has 0 aliphatic rings. The molecule has 0 saturated carbocycles. The average molecular weight is 357 g/mol. The van der Waals surface area contributed by atoms with Crippen molar-refractivity contribution in [3.05, 3.63) is 77.1 Å². The SMILES string of the molecule is Cc1ccc(CC(=O)CSc2nccn2-c2ccc(Cl)cc2)cc1. The molecule has 3 rings (SSSR count). The van der Waals surface area contributed by atoms with E-state index >= 15 is 0 Å². The van der Waals surface area contributed by atoms with Crippen molar-refractivity contribution in [2.24, 2.45) is 0 Å². The molecule has 0 unspecified atom stereocenters. The Hall–Kier alpha value is -2.04. The number of halogens is 1. The number of nitrogens with zero attached hydrogens (tertiary/aromatic N) is 2. The molecule has 5 heteroatoms. The van der Waals surface area contributed by atoms with Crippen molar-refractivity contribution in [3.63, 3.8) is 0 Å². The summed E-state index contributed by atoms with van der Waals surface area (Å²) in [5, 5.41) is 1.50. The Morgan fingerprint density at radius 3 is 2.54 bits per heavy atom. The largest absolute Gasteiger partial charge is 0.298 e. The predicted molar refractivity (Wildman–Crippen MR) is 99.2 cm³/mol. The van der Waals surface area contributed by atoms with Crippen LogP contribution in [-0.4, -0.2) is 21.1 Å². The van der Waals surface area contributed by atoms with Crippen LogP contribution in [0.25, 0.3) is 5.69 Å². The Labute approximate surface area is 150 Å². The molecule has 0 radical (unpaired) electrons. The first kappa shape index (κ1) is 16.8. The lowest BCUT2D eigenvalue weighted by Gasteiger charge is -2.07. The lowest BCUT2D eigenvalue weighted by Crippen LogP contribution is -2.07. The van der Waals surface area contributed by atoms with E-state index in [-0.39, 0.29) is 5.78 Å². The summed E-state index contributed by atoms with van der Waals surface area (Å²) in [5.74, 6) is 0.591. The first-order valence-corrected chi connectivity index (χ1v) is 8.97. The molecule has 1 aromatic heterocycles. The minimum absolute atomic E-state index is 0.189. The maximum Gasteiger partial charge on any atom is 0.173 e. The molecule has 122 valence electrons. The molecule has 0 atom stereocenters. The number of Topliss-reactive ketones (excluding diaryl/α,β-unsaturated/α-hetero) is 1. The van der Waals surface area contributed by atoms with Gasteiger partial charge in [-0.3, -0.25) is 9.36 Å². The zero-order valence-corrected chi connectivity index (χ0v) is 14.8. The number of thioether (sulfide) groups is 1. The van der Waals surface area contributed by atoms with E-state index in [0.717, 1.165) is 16.4 Å². The fourth-order valence-corrected chi connectivity index (χ4v) is 3.28. The summed E-state index contributed by atoms with van der Waals surface area (Å²) in [6.45, 7) is 2.04. The van der Waals surface area contributed by atoms with E-state index in [1.807, 2.05) is 66.2 Å². The highest BCUT2D eigenvalue weighted by Crippen LogP contribution is 2.22. The Balaban J connectivity index is 1.63. The standard InChI is InChI=1S/C19H17ClN2OS/c1-14-2-4-15(5-3-14)12-18(23)13-24-19-21-10-11-22(19)17-8-6-16(20)7-9-17/h2-11H,12-13H2,1H3. The number of rotatable bonds is 6. The number of ketones is 1. The van der Waals surface area contributed by atoms with Gasteiger partial charge in [-0.15, -0.1) is 0 Å². The lowest BCUT2D eigenvalue weighted by molar-refractivity contribution is -0.116. The van der Waals surface area contributed by atoms with Gasteiger partial charge in [0.1, 0.15) is 5.78 Å². The molecule has 0 fully saturated rings. The molecular formula is C19H17ClN2OS. The van der Waals surface area contributed by atoms with Crippen molar-refractivity contribution in [1.82, 2.24) is 9.55 Å². The Bertz CT molecular complexity index is 825. The second-order valence-corrected chi connectivity index (χ2v) is 6.92. The molecule has 0 bridgehead atoms. The summed E-state index contributed by atoms with van der Waals surface area (Å²) in [7, 11) is 0. The molecular weight excluding hydrogens is 340 g/mol. The van der Waals surface area contributed by atoms with Crippen LogP contribution >= 0.6 is 23.4 Å². The summed E-state index contributed by atoms with van der Waals surface area (Å²) in [4.78, 5) is 16.6. The van der Waals surface area contributed by atoms with Gasteiger partial charge in [0, 0.05) is 29.5 Å². The molecule has 2 aromatic carbocycles. The summed E-state index contributed by atoms with van der Waals surface area (Å²) in [6, 6.07) is 15.6. The zero-order valence-electron chi connectivity index (χ0n) is 13.3. The molecule has 1 heterocycles. The molecule has 0 saturated heterocycles. The van der Waals surface area contributed by atoms with Crippen LogP contribution in [0.3, 0.4) is 0 Å². The number of benzene rings is 2. The van der Waals surface area contributed by atoms with Crippen molar-refractivity contribution >= 4 is 29.1 Å². The van der Waals surface area contributed by atoms with Gasteiger partial charge in [-0.25, -0.2) is 4.98 Å². The van der Waals surface area contributed by atoms with E-state index in [2.05, 4.69) is 4.98 Å². The number of hydrogen-bond donors (Lipinski definition) is 0. The number of aryl methyl sites for hydroxylation is 1. The monoisotopic (exact) mass is 356 g/mol. The maximum atomic E-state index is 12.2. The summed E-state index contributed by atoms with van der Waals surface area (Å²) < 4.78 is 1.96. The number of carbonyl (C=O) groups excluding carboxylic acids is 1. The van der Waals surface area contributed by atoms with E-state index in [4.69, 9.17) is 11.6 Å². The Kier molecular flexibility index (Phi) is 5.38. The summed E-state index contributed by atoms with van der Waals surface area (Å²) >= 11 is 7.38. The second-order valence-electron chi connectivity index (χ2n) is 5.55. The van der Waals surface area contributed by atoms with E-state index in [1.165, 1.54) is 17.3 Å². The van der Waals surface area contributed by atoms with Crippen LogP contribution < -0.4 is 0 Å². The Morgan fingerprint density at radius 2 is 1.83 bits per heavy atom. The van der Waals surface area contributed by atoms with Gasteiger partial charge >= 0.3 is 0 Å². The lowest BCUT2D eigenvalue weighted by atomic mass is 10.1. The van der Waals surface area contributed by atoms with Gasteiger partial charge in [-0.05, 0) is 36.8 Å². The molecule has 24 heavy (non-hydrogen) atoms. The molecule has 0 spiro atoms. The molecule has 0 aliphatic carbocycles. The van der Waals surface area contributed by atoms with Gasteiger partial charge < -0.3 is 0 Å². The fourth-order valence-electron chi connectivity index (χ4n) is 2.32. The fraction of sp³-hybridized carbons (Fsp3) is 0.158. The van der Waals surface area contributed by atoms with E-state index < -0.39 is 0 Å². The van der Waals surface area contributed by atoms with Crippen LogP contribution in [0.5, 0.6) is 0 Å². The van der Waals surface area contributed by atoms with E-state index in [9.17, 15) is 4.79 Å². The van der Waals surface area contributed by atoms with Crippen molar-refractivity contribution in [2.45, 2.75) is 18.5 Å². The van der Waals surface area contributed by atoms with Crippen LogP contribution in [0.15, 0.2) is 66.1 Å². The van der Waals surface area contributed by atoms with Crippen LogP contribution in [0.2, 0.25) is 5.02 Å². The van der Waals surface area contributed by atoms with E-state index in [1.54, 1.807) is 6.20 Å². The minimum Gasteiger partial charge on any atom is -0.298 e. The molecule has 0 aliphatic heterocycles. The van der Waals surface area contributed by atoms with Crippen LogP contribution in [0.4, 0.5) is 0 Å². The van der Waals surface area contributed by atoms with Gasteiger partial charge in [-0.2, -0.15) is 0 Å². The predicted octanol–water partition coefficient (Wildman–Crippen LogP) is 4.74. The quantitative estimate of drug-likeness (QED) is 0.598. The highest BCUT2D eigenvalue weighted by Gasteiger charge is 2.10. The molecule has 3 aromatic rings. The third-order valence-electron chi connectivity index (χ3n) is 3.60. The highest BCUT2D eigenvalue weighted by molar-refractivity contribution is 7.99. The van der Waals surface area contributed by atoms with Crippen LogP contribution in [-0.2, 0) is 11.2 Å². The Morgan fingerprint density at radius 1 is 1.12 bits per heavy atom. The topological polar surface area (TPSA) is 34.9 Å². The van der Waals surface area contributed by atoms with Crippen molar-refractivity contribution in [2.75, 3.05) is 5.75 Å². The zero-order chi connectivity index (χ0) is 16.9. The first-order valence-electron chi connectivity index (χ1n) is 7.61. The summed E-state index contributed by atoms with van der Waals surface area (Å²) in [5.41, 5.74) is 3.23. The second kappa shape index (κ2) is 7.69. The van der Waals surface area contributed by atoms with Gasteiger partial charge in [0.25, 0.3) is 0 Å². The van der Waals surface area contributed by atoms with Crippen molar-refractivity contribution in [1.29, 1.82) is 0 Å². The van der Waals surface area contributed by atoms with Gasteiger partial charge in [0.2, 0.25) is 0 Å². The van der Waals surface area contributed by atoms with Crippen LogP contribution in [0, 0.1) is 6.92 Å². The van der Waals surface area contributed by atoms with Crippen molar-refractivity contribution < 1.29 is 4.79 Å². The summed E-state index contributed by atoms with van der Waals surface area (Å²) in [6.07, 6.45) is 4.08.